The summed E-state index contributed by atoms with van der Waals surface area (Å²) in [5.41, 5.74) is 2.15. The molecule has 13 heavy (non-hydrogen) atoms. The van der Waals surface area contributed by atoms with E-state index in [0.29, 0.717) is 6.61 Å². The van der Waals surface area contributed by atoms with Gasteiger partial charge in [0, 0.05) is 6.54 Å². The Kier molecular flexibility index (Phi) is 6.02. The lowest BCUT2D eigenvalue weighted by Crippen LogP contribution is -2.27. The van der Waals surface area contributed by atoms with E-state index >= 15 is 0 Å². The van der Waals surface area contributed by atoms with Crippen LogP contribution in [0.4, 0.5) is 13.2 Å². The summed E-state index contributed by atoms with van der Waals surface area (Å²) >= 11 is 0. The molecule has 0 heterocycles. The van der Waals surface area contributed by atoms with Crippen LogP contribution in [-0.2, 0) is 9.57 Å². The van der Waals surface area contributed by atoms with E-state index in [9.17, 15) is 13.2 Å². The van der Waals surface area contributed by atoms with Crippen molar-refractivity contribution >= 4 is 0 Å². The van der Waals surface area contributed by atoms with Crippen LogP contribution < -0.4 is 5.48 Å². The number of hydroxylamine groups is 1. The number of nitrogens with one attached hydrogen (secondary N) is 1. The Labute approximate surface area is 75.2 Å². The van der Waals surface area contributed by atoms with Crippen LogP contribution in [0.15, 0.2) is 0 Å². The number of rotatable bonds is 6. The molecule has 0 spiro atoms. The van der Waals surface area contributed by atoms with Crippen molar-refractivity contribution in [2.75, 3.05) is 19.8 Å². The summed E-state index contributed by atoms with van der Waals surface area (Å²) in [4.78, 5) is 4.12. The highest BCUT2D eigenvalue weighted by Gasteiger charge is 2.27. The van der Waals surface area contributed by atoms with Gasteiger partial charge in [-0.15, -0.1) is 0 Å². The highest BCUT2D eigenvalue weighted by atomic mass is 19.4. The molecule has 0 aliphatic carbocycles. The van der Waals surface area contributed by atoms with E-state index in [1.165, 1.54) is 0 Å². The van der Waals surface area contributed by atoms with Crippen molar-refractivity contribution in [3.63, 3.8) is 0 Å². The normalized spacial score (nSPS) is 12.5. The van der Waals surface area contributed by atoms with Crippen LogP contribution in [0, 0.1) is 0 Å². The Morgan fingerprint density at radius 3 is 2.38 bits per heavy atom. The quantitative estimate of drug-likeness (QED) is 0.521. The third-order valence-electron chi connectivity index (χ3n) is 0.993. The minimum atomic E-state index is -4.29. The molecule has 0 rings (SSSR count). The molecule has 1 N–H and O–H groups in total. The minimum absolute atomic E-state index is 0.0735. The van der Waals surface area contributed by atoms with Crippen molar-refractivity contribution in [1.29, 1.82) is 0 Å². The van der Waals surface area contributed by atoms with Gasteiger partial charge in [-0.2, -0.15) is 18.7 Å². The van der Waals surface area contributed by atoms with E-state index in [-0.39, 0.29) is 12.6 Å². The lowest BCUT2D eigenvalue weighted by Gasteiger charge is -2.09. The Hall–Kier alpha value is -0.330. The Bertz CT molecular complexity index is 127. The fraction of sp³-hybridized carbons (Fsp3) is 1.00. The summed E-state index contributed by atoms with van der Waals surface area (Å²) in [5, 5.41) is 0. The van der Waals surface area contributed by atoms with E-state index in [2.05, 4.69) is 10.3 Å². The van der Waals surface area contributed by atoms with Gasteiger partial charge in [-0.05, 0) is 13.8 Å². The Morgan fingerprint density at radius 2 is 1.92 bits per heavy atom. The highest BCUT2D eigenvalue weighted by Crippen LogP contribution is 2.13. The molecule has 0 aliphatic rings. The maximum Gasteiger partial charge on any atom is 0.413 e. The van der Waals surface area contributed by atoms with Gasteiger partial charge in [0.05, 0.1) is 12.7 Å². The third-order valence-corrected chi connectivity index (χ3v) is 0.993. The molecule has 0 atom stereocenters. The molecule has 0 bridgehead atoms. The largest absolute Gasteiger partial charge is 0.413 e. The summed E-state index contributed by atoms with van der Waals surface area (Å²) in [7, 11) is 0. The van der Waals surface area contributed by atoms with Crippen molar-refractivity contribution < 1.29 is 22.7 Å². The zero-order valence-electron chi connectivity index (χ0n) is 7.65. The average molecular weight is 201 g/mol. The lowest BCUT2D eigenvalue weighted by molar-refractivity contribution is -0.190. The van der Waals surface area contributed by atoms with E-state index < -0.39 is 12.8 Å². The number of halogens is 3. The number of hydrogen-bond acceptors (Lipinski definition) is 3. The molecule has 3 nitrogen and oxygen atoms in total. The summed E-state index contributed by atoms with van der Waals surface area (Å²) in [5.74, 6) is 0. The average Bonchev–Trinajstić information content (AvgIpc) is 1.93. The monoisotopic (exact) mass is 201 g/mol. The summed E-state index contributed by atoms with van der Waals surface area (Å²) < 4.78 is 39.5. The van der Waals surface area contributed by atoms with Crippen LogP contribution in [-0.4, -0.2) is 32.0 Å². The van der Waals surface area contributed by atoms with Gasteiger partial charge in [-0.25, -0.2) is 0 Å². The van der Waals surface area contributed by atoms with Gasteiger partial charge in [0.1, 0.15) is 0 Å². The lowest BCUT2D eigenvalue weighted by atomic mass is 10.5. The smallest absolute Gasteiger partial charge is 0.377 e. The van der Waals surface area contributed by atoms with Gasteiger partial charge in [0.2, 0.25) is 0 Å². The third kappa shape index (κ3) is 11.7. The van der Waals surface area contributed by atoms with Crippen molar-refractivity contribution in [3.8, 4) is 0 Å². The molecule has 6 heteroatoms. The molecule has 0 radical (unpaired) electrons. The maximum atomic E-state index is 11.5. The van der Waals surface area contributed by atoms with Gasteiger partial charge in [0.15, 0.2) is 6.61 Å². The first-order valence-electron chi connectivity index (χ1n) is 3.95. The van der Waals surface area contributed by atoms with Crippen LogP contribution >= 0.6 is 0 Å². The number of hydrogen-bond donors (Lipinski definition) is 1. The summed E-state index contributed by atoms with van der Waals surface area (Å²) in [6, 6.07) is 0. The molecule has 0 aromatic heterocycles. The fourth-order valence-electron chi connectivity index (χ4n) is 0.541. The summed E-state index contributed by atoms with van der Waals surface area (Å²) in [6.45, 7) is 2.98. The zero-order valence-corrected chi connectivity index (χ0v) is 7.65. The van der Waals surface area contributed by atoms with E-state index in [0.717, 1.165) is 0 Å². The molecule has 0 aromatic carbocycles. The van der Waals surface area contributed by atoms with E-state index in [1.807, 2.05) is 13.8 Å². The topological polar surface area (TPSA) is 30.5 Å². The van der Waals surface area contributed by atoms with Crippen molar-refractivity contribution in [2.24, 2.45) is 0 Å². The fourth-order valence-corrected chi connectivity index (χ4v) is 0.541. The molecule has 80 valence electrons. The molecule has 0 aromatic rings. The SMILES string of the molecule is CC(C)OCCNOCC(F)(F)F. The number of ether oxygens (including phenoxy) is 1. The van der Waals surface area contributed by atoms with Gasteiger partial charge < -0.3 is 4.74 Å². The molecular weight excluding hydrogens is 187 g/mol. The Morgan fingerprint density at radius 1 is 1.31 bits per heavy atom. The van der Waals surface area contributed by atoms with Crippen LogP contribution in [0.25, 0.3) is 0 Å². The standard InChI is InChI=1S/C7H14F3NO2/c1-6(2)12-4-3-11-13-5-7(8,9)10/h6,11H,3-5H2,1-2H3. The van der Waals surface area contributed by atoms with E-state index in [4.69, 9.17) is 4.74 Å². The van der Waals surface area contributed by atoms with Crippen molar-refractivity contribution in [1.82, 2.24) is 5.48 Å². The van der Waals surface area contributed by atoms with Crippen LogP contribution in [0.1, 0.15) is 13.8 Å². The molecule has 0 saturated heterocycles. The maximum absolute atomic E-state index is 11.5. The zero-order chi connectivity index (χ0) is 10.3. The molecule has 0 fully saturated rings. The second kappa shape index (κ2) is 6.17. The first kappa shape index (κ1) is 12.7. The van der Waals surface area contributed by atoms with Gasteiger partial charge >= 0.3 is 6.18 Å². The van der Waals surface area contributed by atoms with Gasteiger partial charge in [0.25, 0.3) is 0 Å². The van der Waals surface area contributed by atoms with Crippen LogP contribution in [0.3, 0.4) is 0 Å². The van der Waals surface area contributed by atoms with Crippen LogP contribution in [0.5, 0.6) is 0 Å². The molecule has 0 amide bonds. The second-order valence-electron chi connectivity index (χ2n) is 2.72. The predicted octanol–water partition coefficient (Wildman–Crippen LogP) is 1.49. The number of alkyl halides is 3. The van der Waals surface area contributed by atoms with Crippen molar-refractivity contribution in [2.45, 2.75) is 26.1 Å². The van der Waals surface area contributed by atoms with Gasteiger partial charge in [-0.3, -0.25) is 4.84 Å². The predicted molar refractivity (Wildman–Crippen MR) is 41.1 cm³/mol. The first-order valence-corrected chi connectivity index (χ1v) is 3.95. The van der Waals surface area contributed by atoms with Gasteiger partial charge in [-0.1, -0.05) is 0 Å². The second-order valence-corrected chi connectivity index (χ2v) is 2.72. The summed E-state index contributed by atoms with van der Waals surface area (Å²) in [6.07, 6.45) is -4.21. The molecule has 0 saturated carbocycles. The minimum Gasteiger partial charge on any atom is -0.377 e. The molecule has 0 aliphatic heterocycles. The molecule has 0 unspecified atom stereocenters. The highest BCUT2D eigenvalue weighted by molar-refractivity contribution is 4.44. The van der Waals surface area contributed by atoms with E-state index in [1.54, 1.807) is 0 Å². The first-order chi connectivity index (χ1) is 5.92. The van der Waals surface area contributed by atoms with Crippen molar-refractivity contribution in [3.05, 3.63) is 0 Å². The molecular formula is C7H14F3NO2. The Balaban J connectivity index is 3.09. The van der Waals surface area contributed by atoms with Crippen LogP contribution in [0.2, 0.25) is 0 Å².